The number of rotatable bonds is 8. The van der Waals surface area contributed by atoms with Crippen molar-refractivity contribution in [1.29, 1.82) is 0 Å². The number of hydrazone groups is 1. The van der Waals surface area contributed by atoms with Gasteiger partial charge in [0.25, 0.3) is 5.91 Å². The van der Waals surface area contributed by atoms with E-state index in [9.17, 15) is 4.79 Å². The van der Waals surface area contributed by atoms with Crippen molar-refractivity contribution >= 4 is 28.1 Å². The minimum atomic E-state index is -0.365. The predicted molar refractivity (Wildman–Crippen MR) is 105 cm³/mol. The lowest BCUT2D eigenvalue weighted by Crippen LogP contribution is -2.18. The van der Waals surface area contributed by atoms with E-state index in [0.29, 0.717) is 36.0 Å². The monoisotopic (exact) mass is 420 g/mol. The molecular weight excluding hydrogens is 400 g/mol. The molecule has 0 bridgehead atoms. The molecule has 0 aromatic heterocycles. The van der Waals surface area contributed by atoms with Gasteiger partial charge in [0.2, 0.25) is 0 Å². The largest absolute Gasteiger partial charge is 0.496 e. The molecule has 0 saturated carbocycles. The smallest absolute Gasteiger partial charge is 0.275 e. The first-order valence-electron chi connectivity index (χ1n) is 8.15. The molecule has 7 heteroatoms. The van der Waals surface area contributed by atoms with Crippen LogP contribution in [0.5, 0.6) is 17.2 Å². The molecule has 0 spiro atoms. The quantitative estimate of drug-likeness (QED) is 0.517. The van der Waals surface area contributed by atoms with E-state index in [1.54, 1.807) is 24.4 Å². The summed E-state index contributed by atoms with van der Waals surface area (Å²) in [6.07, 6.45) is 1.54. The summed E-state index contributed by atoms with van der Waals surface area (Å²) < 4.78 is 17.1. The molecule has 26 heavy (non-hydrogen) atoms. The van der Waals surface area contributed by atoms with Crippen molar-refractivity contribution in [2.45, 2.75) is 13.8 Å². The van der Waals surface area contributed by atoms with Crippen molar-refractivity contribution in [3.8, 4) is 17.2 Å². The SMILES string of the molecule is CCOc1ccc(/C=N\NC(=O)c2cc(Br)ccc2OC)cc1OCC. The van der Waals surface area contributed by atoms with Crippen LogP contribution in [0.1, 0.15) is 29.8 Å². The van der Waals surface area contributed by atoms with Crippen LogP contribution in [-0.4, -0.2) is 32.4 Å². The number of ether oxygens (including phenoxy) is 3. The first kappa shape index (κ1) is 19.8. The standard InChI is InChI=1S/C19H21BrN2O4/c1-4-25-17-8-6-13(10-18(17)26-5-2)12-21-22-19(23)15-11-14(20)7-9-16(15)24-3/h6-12H,4-5H2,1-3H3,(H,22,23)/b21-12-. The second-order valence-corrected chi connectivity index (χ2v) is 6.03. The number of halogens is 1. The van der Waals surface area contributed by atoms with Crippen molar-refractivity contribution in [3.05, 3.63) is 52.0 Å². The molecule has 0 aliphatic heterocycles. The van der Waals surface area contributed by atoms with E-state index in [1.807, 2.05) is 32.0 Å². The van der Waals surface area contributed by atoms with Crippen molar-refractivity contribution in [1.82, 2.24) is 5.43 Å². The molecule has 2 aromatic carbocycles. The summed E-state index contributed by atoms with van der Waals surface area (Å²) >= 11 is 3.34. The van der Waals surface area contributed by atoms with Crippen LogP contribution in [0.25, 0.3) is 0 Å². The fraction of sp³-hybridized carbons (Fsp3) is 0.263. The number of methoxy groups -OCH3 is 1. The highest BCUT2D eigenvalue weighted by Gasteiger charge is 2.12. The minimum Gasteiger partial charge on any atom is -0.496 e. The molecule has 1 N–H and O–H groups in total. The maximum absolute atomic E-state index is 12.3. The lowest BCUT2D eigenvalue weighted by molar-refractivity contribution is 0.0952. The fourth-order valence-corrected chi connectivity index (χ4v) is 2.59. The second-order valence-electron chi connectivity index (χ2n) is 5.12. The maximum atomic E-state index is 12.3. The summed E-state index contributed by atoms with van der Waals surface area (Å²) in [5.41, 5.74) is 3.66. The van der Waals surface area contributed by atoms with Crippen LogP contribution in [0.4, 0.5) is 0 Å². The maximum Gasteiger partial charge on any atom is 0.275 e. The third-order valence-corrected chi connectivity index (χ3v) is 3.85. The van der Waals surface area contributed by atoms with Gasteiger partial charge in [0.1, 0.15) is 5.75 Å². The van der Waals surface area contributed by atoms with Gasteiger partial charge < -0.3 is 14.2 Å². The molecule has 0 aliphatic carbocycles. The minimum absolute atomic E-state index is 0.365. The molecule has 0 atom stereocenters. The highest BCUT2D eigenvalue weighted by atomic mass is 79.9. The number of nitrogens with one attached hydrogen (secondary N) is 1. The van der Waals surface area contributed by atoms with Crippen molar-refractivity contribution in [2.75, 3.05) is 20.3 Å². The topological polar surface area (TPSA) is 69.2 Å². The molecule has 0 saturated heterocycles. The summed E-state index contributed by atoms with van der Waals surface area (Å²) in [5, 5.41) is 4.01. The second kappa shape index (κ2) is 9.82. The Bertz CT molecular complexity index is 793. The van der Waals surface area contributed by atoms with E-state index in [0.717, 1.165) is 10.0 Å². The zero-order valence-electron chi connectivity index (χ0n) is 14.9. The Morgan fingerprint density at radius 3 is 2.46 bits per heavy atom. The van der Waals surface area contributed by atoms with E-state index in [1.165, 1.54) is 7.11 Å². The van der Waals surface area contributed by atoms with Gasteiger partial charge in [-0.25, -0.2) is 5.43 Å². The average molecular weight is 421 g/mol. The van der Waals surface area contributed by atoms with Gasteiger partial charge in [0, 0.05) is 4.47 Å². The first-order chi connectivity index (χ1) is 12.6. The van der Waals surface area contributed by atoms with Crippen LogP contribution in [0.15, 0.2) is 46.0 Å². The summed E-state index contributed by atoms with van der Waals surface area (Å²) in [6, 6.07) is 10.6. The number of hydrogen-bond donors (Lipinski definition) is 1. The molecule has 2 aromatic rings. The van der Waals surface area contributed by atoms with Crippen molar-refractivity contribution in [3.63, 3.8) is 0 Å². The zero-order valence-corrected chi connectivity index (χ0v) is 16.5. The predicted octanol–water partition coefficient (Wildman–Crippen LogP) is 4.02. The highest BCUT2D eigenvalue weighted by molar-refractivity contribution is 9.10. The summed E-state index contributed by atoms with van der Waals surface area (Å²) in [6.45, 7) is 4.90. The summed E-state index contributed by atoms with van der Waals surface area (Å²) in [7, 11) is 1.51. The van der Waals surface area contributed by atoms with Crippen molar-refractivity contribution in [2.24, 2.45) is 5.10 Å². The summed E-state index contributed by atoms with van der Waals surface area (Å²) in [5.74, 6) is 1.42. The molecule has 0 unspecified atom stereocenters. The van der Waals surface area contributed by atoms with Gasteiger partial charge in [-0.1, -0.05) is 15.9 Å². The van der Waals surface area contributed by atoms with Crippen LogP contribution in [-0.2, 0) is 0 Å². The molecule has 138 valence electrons. The third-order valence-electron chi connectivity index (χ3n) is 3.35. The first-order valence-corrected chi connectivity index (χ1v) is 8.94. The van der Waals surface area contributed by atoms with Gasteiger partial charge in [-0.3, -0.25) is 4.79 Å². The van der Waals surface area contributed by atoms with Gasteiger partial charge in [0.05, 0.1) is 32.1 Å². The Kier molecular flexibility index (Phi) is 7.47. The van der Waals surface area contributed by atoms with Gasteiger partial charge >= 0.3 is 0 Å². The van der Waals surface area contributed by atoms with Crippen LogP contribution in [0.2, 0.25) is 0 Å². The normalized spacial score (nSPS) is 10.6. The Balaban J connectivity index is 2.11. The molecule has 1 amide bonds. The molecule has 0 fully saturated rings. The zero-order chi connectivity index (χ0) is 18.9. The Labute approximate surface area is 161 Å². The van der Waals surface area contributed by atoms with E-state index in [4.69, 9.17) is 14.2 Å². The number of benzene rings is 2. The van der Waals surface area contributed by atoms with Crippen LogP contribution in [0, 0.1) is 0 Å². The van der Waals surface area contributed by atoms with Gasteiger partial charge in [-0.2, -0.15) is 5.10 Å². The molecule has 2 rings (SSSR count). The number of carbonyl (C=O) groups is 1. The molecule has 0 aliphatic rings. The van der Waals surface area contributed by atoms with Crippen LogP contribution in [0.3, 0.4) is 0 Å². The highest BCUT2D eigenvalue weighted by Crippen LogP contribution is 2.28. The summed E-state index contributed by atoms with van der Waals surface area (Å²) in [4.78, 5) is 12.3. The van der Waals surface area contributed by atoms with Gasteiger partial charge in [-0.15, -0.1) is 0 Å². The van der Waals surface area contributed by atoms with E-state index in [-0.39, 0.29) is 5.91 Å². The Hall–Kier alpha value is -2.54. The van der Waals surface area contributed by atoms with E-state index >= 15 is 0 Å². The number of hydrogen-bond acceptors (Lipinski definition) is 5. The average Bonchev–Trinajstić information content (AvgIpc) is 2.64. The number of nitrogens with zero attached hydrogens (tertiary/aromatic N) is 1. The third kappa shape index (κ3) is 5.23. The number of amides is 1. The van der Waals surface area contributed by atoms with Crippen LogP contribution >= 0.6 is 15.9 Å². The Morgan fingerprint density at radius 1 is 1.08 bits per heavy atom. The van der Waals surface area contributed by atoms with Gasteiger partial charge in [-0.05, 0) is 55.8 Å². The van der Waals surface area contributed by atoms with E-state index in [2.05, 4.69) is 26.5 Å². The number of carbonyl (C=O) groups excluding carboxylic acids is 1. The van der Waals surface area contributed by atoms with Crippen LogP contribution < -0.4 is 19.6 Å². The molecule has 0 radical (unpaired) electrons. The van der Waals surface area contributed by atoms with Gasteiger partial charge in [0.15, 0.2) is 11.5 Å². The lowest BCUT2D eigenvalue weighted by atomic mass is 10.2. The molecule has 6 nitrogen and oxygen atoms in total. The Morgan fingerprint density at radius 2 is 1.77 bits per heavy atom. The lowest BCUT2D eigenvalue weighted by Gasteiger charge is -2.11. The van der Waals surface area contributed by atoms with Crippen molar-refractivity contribution < 1.29 is 19.0 Å². The molecule has 0 heterocycles. The molecular formula is C19H21BrN2O4. The fourth-order valence-electron chi connectivity index (χ4n) is 2.23. The van der Waals surface area contributed by atoms with E-state index < -0.39 is 0 Å².